The Bertz CT molecular complexity index is 714. The summed E-state index contributed by atoms with van der Waals surface area (Å²) in [6.45, 7) is 7.21. The summed E-state index contributed by atoms with van der Waals surface area (Å²) in [6.07, 6.45) is 0. The van der Waals surface area contributed by atoms with E-state index in [1.54, 1.807) is 4.90 Å². The third kappa shape index (κ3) is 3.28. The Hall–Kier alpha value is -1.40. The van der Waals surface area contributed by atoms with Crippen molar-refractivity contribution in [3.63, 3.8) is 0 Å². The number of anilines is 1. The number of rotatable bonds is 3. The number of hydrogen-bond donors (Lipinski definition) is 0. The first kappa shape index (κ1) is 16.5. The van der Waals surface area contributed by atoms with Crippen molar-refractivity contribution in [1.29, 1.82) is 0 Å². The molecule has 2 fully saturated rings. The molecule has 1 aromatic carbocycles. The Morgan fingerprint density at radius 1 is 1.22 bits per heavy atom. The summed E-state index contributed by atoms with van der Waals surface area (Å²) in [5.41, 5.74) is 1.88. The van der Waals surface area contributed by atoms with Crippen LogP contribution < -0.4 is 4.90 Å². The number of benzene rings is 1. The quantitative estimate of drug-likeness (QED) is 0.839. The van der Waals surface area contributed by atoms with E-state index in [-0.39, 0.29) is 29.5 Å². The Morgan fingerprint density at radius 2 is 1.91 bits per heavy atom. The summed E-state index contributed by atoms with van der Waals surface area (Å²) in [5, 5.41) is 0. The summed E-state index contributed by atoms with van der Waals surface area (Å²) in [5.74, 6) is 0.609. The van der Waals surface area contributed by atoms with Crippen LogP contribution in [0.15, 0.2) is 24.3 Å². The minimum atomic E-state index is -3.11. The van der Waals surface area contributed by atoms with Gasteiger partial charge >= 0.3 is 0 Å². The van der Waals surface area contributed by atoms with E-state index in [0.717, 1.165) is 17.8 Å². The van der Waals surface area contributed by atoms with Gasteiger partial charge in [0.15, 0.2) is 9.84 Å². The van der Waals surface area contributed by atoms with Crippen LogP contribution in [0.25, 0.3) is 0 Å². The highest BCUT2D eigenvalue weighted by Crippen LogP contribution is 2.32. The van der Waals surface area contributed by atoms with Crippen LogP contribution in [-0.2, 0) is 14.6 Å². The number of piperazine rings is 1. The standard InChI is InChI=1S/C17H24N2O3S/c1-12(2)8-18-9-17(20)19(14-6-4-5-13(3)7-14)16-11-23(21,22)10-15(16)18/h4-7,12,15-16H,8-11H2,1-3H3/t15-,16+/m0/s1. The Labute approximate surface area is 138 Å². The van der Waals surface area contributed by atoms with Crippen molar-refractivity contribution in [2.75, 3.05) is 29.5 Å². The maximum absolute atomic E-state index is 12.7. The third-order valence-electron chi connectivity index (χ3n) is 4.58. The first-order chi connectivity index (χ1) is 10.8. The molecule has 1 aromatic rings. The van der Waals surface area contributed by atoms with Crippen molar-refractivity contribution in [2.45, 2.75) is 32.9 Å². The van der Waals surface area contributed by atoms with Gasteiger partial charge in [-0.05, 0) is 30.5 Å². The predicted octanol–water partition coefficient (Wildman–Crippen LogP) is 1.47. The number of amides is 1. The van der Waals surface area contributed by atoms with E-state index in [0.29, 0.717) is 12.5 Å². The average Bonchev–Trinajstić information content (AvgIpc) is 2.73. The molecular formula is C17H24N2O3S. The summed E-state index contributed by atoms with van der Waals surface area (Å²) in [6, 6.07) is 7.37. The smallest absolute Gasteiger partial charge is 0.241 e. The van der Waals surface area contributed by atoms with Gasteiger partial charge in [0.2, 0.25) is 5.91 Å². The largest absolute Gasteiger partial charge is 0.306 e. The molecule has 2 aliphatic rings. The molecule has 2 heterocycles. The van der Waals surface area contributed by atoms with Crippen LogP contribution >= 0.6 is 0 Å². The summed E-state index contributed by atoms with van der Waals surface area (Å²) in [7, 11) is -3.11. The second-order valence-electron chi connectivity index (χ2n) is 7.14. The van der Waals surface area contributed by atoms with Crippen LogP contribution in [0.1, 0.15) is 19.4 Å². The highest BCUT2D eigenvalue weighted by Gasteiger charge is 2.49. The molecule has 1 amide bonds. The van der Waals surface area contributed by atoms with Crippen LogP contribution in [-0.4, -0.2) is 55.9 Å². The van der Waals surface area contributed by atoms with Crippen LogP contribution in [0.4, 0.5) is 5.69 Å². The minimum Gasteiger partial charge on any atom is -0.306 e. The molecule has 0 aromatic heterocycles. The topological polar surface area (TPSA) is 57.7 Å². The second kappa shape index (κ2) is 5.91. The van der Waals surface area contributed by atoms with Gasteiger partial charge in [-0.25, -0.2) is 8.42 Å². The molecular weight excluding hydrogens is 312 g/mol. The Balaban J connectivity index is 1.98. The van der Waals surface area contributed by atoms with E-state index in [2.05, 4.69) is 18.7 Å². The van der Waals surface area contributed by atoms with Gasteiger partial charge in [0.25, 0.3) is 0 Å². The summed E-state index contributed by atoms with van der Waals surface area (Å²) in [4.78, 5) is 16.5. The van der Waals surface area contributed by atoms with Gasteiger partial charge in [0.05, 0.1) is 24.1 Å². The first-order valence-electron chi connectivity index (χ1n) is 8.10. The number of carbonyl (C=O) groups excluding carboxylic acids is 1. The van der Waals surface area contributed by atoms with Crippen molar-refractivity contribution < 1.29 is 13.2 Å². The molecule has 5 nitrogen and oxygen atoms in total. The van der Waals surface area contributed by atoms with Crippen molar-refractivity contribution in [1.82, 2.24) is 4.90 Å². The minimum absolute atomic E-state index is 0.00500. The number of carbonyl (C=O) groups is 1. The van der Waals surface area contributed by atoms with Crippen LogP contribution in [0.5, 0.6) is 0 Å². The van der Waals surface area contributed by atoms with E-state index in [1.807, 2.05) is 31.2 Å². The van der Waals surface area contributed by atoms with Crippen LogP contribution in [0.2, 0.25) is 0 Å². The lowest BCUT2D eigenvalue weighted by atomic mass is 10.0. The molecule has 0 aliphatic carbocycles. The zero-order valence-electron chi connectivity index (χ0n) is 13.9. The molecule has 126 valence electrons. The summed E-state index contributed by atoms with van der Waals surface area (Å²) >= 11 is 0. The van der Waals surface area contributed by atoms with Gasteiger partial charge in [-0.15, -0.1) is 0 Å². The van der Waals surface area contributed by atoms with E-state index >= 15 is 0 Å². The van der Waals surface area contributed by atoms with Crippen LogP contribution in [0, 0.1) is 12.8 Å². The van der Waals surface area contributed by atoms with Gasteiger partial charge in [-0.1, -0.05) is 26.0 Å². The Kier molecular flexibility index (Phi) is 4.23. The second-order valence-corrected chi connectivity index (χ2v) is 9.29. The monoisotopic (exact) mass is 336 g/mol. The molecule has 0 spiro atoms. The zero-order valence-corrected chi connectivity index (χ0v) is 14.7. The van der Waals surface area contributed by atoms with E-state index in [4.69, 9.17) is 0 Å². The molecule has 23 heavy (non-hydrogen) atoms. The molecule has 0 bridgehead atoms. The van der Waals surface area contributed by atoms with Crippen molar-refractivity contribution >= 4 is 21.4 Å². The van der Waals surface area contributed by atoms with Gasteiger partial charge in [0, 0.05) is 18.3 Å². The van der Waals surface area contributed by atoms with E-state index < -0.39 is 9.84 Å². The molecule has 0 radical (unpaired) electrons. The van der Waals surface area contributed by atoms with Gasteiger partial charge in [-0.2, -0.15) is 0 Å². The van der Waals surface area contributed by atoms with Crippen LogP contribution in [0.3, 0.4) is 0 Å². The number of aryl methyl sites for hydroxylation is 1. The highest BCUT2D eigenvalue weighted by atomic mass is 32.2. The van der Waals surface area contributed by atoms with E-state index in [9.17, 15) is 13.2 Å². The normalized spacial score (nSPS) is 27.5. The lowest BCUT2D eigenvalue weighted by Crippen LogP contribution is -2.62. The fraction of sp³-hybridized carbons (Fsp3) is 0.588. The molecule has 0 N–H and O–H groups in total. The molecule has 0 unspecified atom stereocenters. The third-order valence-corrected chi connectivity index (χ3v) is 6.28. The van der Waals surface area contributed by atoms with Gasteiger partial charge < -0.3 is 4.90 Å². The summed E-state index contributed by atoms with van der Waals surface area (Å²) < 4.78 is 24.4. The maximum Gasteiger partial charge on any atom is 0.241 e. The molecule has 0 saturated carbocycles. The van der Waals surface area contributed by atoms with Crippen molar-refractivity contribution in [3.05, 3.63) is 29.8 Å². The van der Waals surface area contributed by atoms with Gasteiger partial charge in [-0.3, -0.25) is 9.69 Å². The van der Waals surface area contributed by atoms with Crippen molar-refractivity contribution in [2.24, 2.45) is 5.92 Å². The average molecular weight is 336 g/mol. The van der Waals surface area contributed by atoms with Crippen molar-refractivity contribution in [3.8, 4) is 0 Å². The molecule has 2 saturated heterocycles. The lowest BCUT2D eigenvalue weighted by molar-refractivity contribution is -0.123. The Morgan fingerprint density at radius 3 is 2.57 bits per heavy atom. The molecule has 3 rings (SSSR count). The fourth-order valence-corrected chi connectivity index (χ4v) is 5.72. The fourth-order valence-electron chi connectivity index (χ4n) is 3.74. The lowest BCUT2D eigenvalue weighted by Gasteiger charge is -2.44. The highest BCUT2D eigenvalue weighted by molar-refractivity contribution is 7.91. The van der Waals surface area contributed by atoms with Gasteiger partial charge in [0.1, 0.15) is 0 Å². The first-order valence-corrected chi connectivity index (χ1v) is 9.92. The number of sulfone groups is 1. The number of hydrogen-bond acceptors (Lipinski definition) is 4. The maximum atomic E-state index is 12.7. The predicted molar refractivity (Wildman–Crippen MR) is 91.3 cm³/mol. The van der Waals surface area contributed by atoms with E-state index in [1.165, 1.54) is 0 Å². The molecule has 6 heteroatoms. The zero-order chi connectivity index (χ0) is 16.8. The number of fused-ring (bicyclic) bond motifs is 1. The molecule has 2 atom stereocenters. The number of nitrogens with zero attached hydrogens (tertiary/aromatic N) is 2. The SMILES string of the molecule is Cc1cccc(N2C(=O)CN(CC(C)C)[C@H]3CS(=O)(=O)C[C@H]32)c1. The molecule has 2 aliphatic heterocycles.